The van der Waals surface area contributed by atoms with Crippen LogP contribution in [0.4, 0.5) is 0 Å². The van der Waals surface area contributed by atoms with Crippen molar-refractivity contribution in [1.82, 2.24) is 5.32 Å². The molecule has 0 saturated carbocycles. The van der Waals surface area contributed by atoms with E-state index in [2.05, 4.69) is 12.2 Å². The van der Waals surface area contributed by atoms with Crippen molar-refractivity contribution in [3.8, 4) is 11.5 Å². The second-order valence-corrected chi connectivity index (χ2v) is 3.89. The number of aromatic hydroxyl groups is 1. The van der Waals surface area contributed by atoms with Crippen LogP contribution in [0.5, 0.6) is 11.5 Å². The van der Waals surface area contributed by atoms with Gasteiger partial charge in [0.15, 0.2) is 6.61 Å². The third-order valence-corrected chi connectivity index (χ3v) is 2.47. The highest BCUT2D eigenvalue weighted by Crippen LogP contribution is 2.25. The molecule has 0 aliphatic rings. The zero-order valence-corrected chi connectivity index (χ0v) is 10.3. The van der Waals surface area contributed by atoms with Gasteiger partial charge in [-0.2, -0.15) is 0 Å². The Labute approximate surface area is 102 Å². The molecule has 0 heterocycles. The van der Waals surface area contributed by atoms with Crippen molar-refractivity contribution in [2.24, 2.45) is 0 Å². The van der Waals surface area contributed by atoms with Gasteiger partial charge in [0.25, 0.3) is 5.91 Å². The SMILES string of the molecule is CCCCNC(=O)COc1cccc(O)c1C. The number of rotatable bonds is 6. The molecule has 0 spiro atoms. The van der Waals surface area contributed by atoms with E-state index in [1.165, 1.54) is 0 Å². The molecule has 1 aromatic rings. The van der Waals surface area contributed by atoms with E-state index < -0.39 is 0 Å². The Kier molecular flexibility index (Phi) is 5.33. The van der Waals surface area contributed by atoms with Gasteiger partial charge in [0, 0.05) is 12.1 Å². The van der Waals surface area contributed by atoms with E-state index in [-0.39, 0.29) is 18.3 Å². The average molecular weight is 237 g/mol. The van der Waals surface area contributed by atoms with Crippen LogP contribution in [0.1, 0.15) is 25.3 Å². The highest BCUT2D eigenvalue weighted by Gasteiger charge is 2.06. The van der Waals surface area contributed by atoms with Crippen LogP contribution in [0.15, 0.2) is 18.2 Å². The summed E-state index contributed by atoms with van der Waals surface area (Å²) in [7, 11) is 0. The molecule has 0 aliphatic heterocycles. The number of carbonyl (C=O) groups is 1. The van der Waals surface area contributed by atoms with Crippen molar-refractivity contribution in [3.63, 3.8) is 0 Å². The van der Waals surface area contributed by atoms with E-state index in [0.717, 1.165) is 12.8 Å². The lowest BCUT2D eigenvalue weighted by Crippen LogP contribution is -2.29. The first kappa shape index (κ1) is 13.4. The minimum Gasteiger partial charge on any atom is -0.508 e. The largest absolute Gasteiger partial charge is 0.508 e. The van der Waals surface area contributed by atoms with E-state index in [0.29, 0.717) is 17.9 Å². The molecule has 0 bridgehead atoms. The first-order valence-electron chi connectivity index (χ1n) is 5.83. The third-order valence-electron chi connectivity index (χ3n) is 2.47. The molecule has 0 saturated heterocycles. The second kappa shape index (κ2) is 6.78. The van der Waals surface area contributed by atoms with Crippen LogP contribution >= 0.6 is 0 Å². The van der Waals surface area contributed by atoms with Crippen LogP contribution in [0, 0.1) is 6.92 Å². The molecule has 94 valence electrons. The monoisotopic (exact) mass is 237 g/mol. The normalized spacial score (nSPS) is 10.0. The summed E-state index contributed by atoms with van der Waals surface area (Å²) in [4.78, 5) is 11.4. The summed E-state index contributed by atoms with van der Waals surface area (Å²) in [6.07, 6.45) is 2.02. The lowest BCUT2D eigenvalue weighted by Gasteiger charge is -2.10. The molecule has 0 fully saturated rings. The topological polar surface area (TPSA) is 58.6 Å². The molecule has 0 aromatic heterocycles. The standard InChI is InChI=1S/C13H19NO3/c1-3-4-8-14-13(16)9-17-12-7-5-6-11(15)10(12)2/h5-7,15H,3-4,8-9H2,1-2H3,(H,14,16). The Bertz CT molecular complexity index is 377. The zero-order valence-electron chi connectivity index (χ0n) is 10.3. The smallest absolute Gasteiger partial charge is 0.257 e. The second-order valence-electron chi connectivity index (χ2n) is 3.89. The van der Waals surface area contributed by atoms with Gasteiger partial charge in [-0.05, 0) is 25.5 Å². The van der Waals surface area contributed by atoms with Gasteiger partial charge in [0.1, 0.15) is 11.5 Å². The quantitative estimate of drug-likeness (QED) is 0.744. The molecule has 0 radical (unpaired) electrons. The lowest BCUT2D eigenvalue weighted by atomic mass is 10.2. The van der Waals surface area contributed by atoms with Crippen LogP contribution in [0.25, 0.3) is 0 Å². The van der Waals surface area contributed by atoms with Gasteiger partial charge in [0.2, 0.25) is 0 Å². The van der Waals surface area contributed by atoms with Gasteiger partial charge < -0.3 is 15.2 Å². The van der Waals surface area contributed by atoms with E-state index in [1.54, 1.807) is 25.1 Å². The Hall–Kier alpha value is -1.71. The first-order valence-corrected chi connectivity index (χ1v) is 5.83. The average Bonchev–Trinajstić information content (AvgIpc) is 2.31. The first-order chi connectivity index (χ1) is 8.15. The Morgan fingerprint density at radius 2 is 2.24 bits per heavy atom. The van der Waals surface area contributed by atoms with Gasteiger partial charge in [-0.15, -0.1) is 0 Å². The molecule has 0 aliphatic carbocycles. The maximum Gasteiger partial charge on any atom is 0.257 e. The number of unbranched alkanes of at least 4 members (excludes halogenated alkanes) is 1. The zero-order chi connectivity index (χ0) is 12.7. The van der Waals surface area contributed by atoms with Crippen molar-refractivity contribution < 1.29 is 14.6 Å². The highest BCUT2D eigenvalue weighted by atomic mass is 16.5. The molecular weight excluding hydrogens is 218 g/mol. The van der Waals surface area contributed by atoms with Crippen molar-refractivity contribution >= 4 is 5.91 Å². The van der Waals surface area contributed by atoms with Gasteiger partial charge in [-0.25, -0.2) is 0 Å². The fourth-order valence-corrected chi connectivity index (χ4v) is 1.36. The molecule has 2 N–H and O–H groups in total. The van der Waals surface area contributed by atoms with Gasteiger partial charge in [-0.1, -0.05) is 19.4 Å². The van der Waals surface area contributed by atoms with Crippen molar-refractivity contribution in [3.05, 3.63) is 23.8 Å². The molecule has 4 heteroatoms. The molecule has 1 rings (SSSR count). The number of amides is 1. The summed E-state index contributed by atoms with van der Waals surface area (Å²) in [6.45, 7) is 4.48. The molecule has 1 aromatic carbocycles. The fourth-order valence-electron chi connectivity index (χ4n) is 1.36. The predicted molar refractivity (Wildman–Crippen MR) is 66.3 cm³/mol. The van der Waals surface area contributed by atoms with Gasteiger partial charge in [0.05, 0.1) is 0 Å². The summed E-state index contributed by atoms with van der Waals surface area (Å²) < 4.78 is 5.34. The van der Waals surface area contributed by atoms with Crippen LogP contribution in [0.2, 0.25) is 0 Å². The summed E-state index contributed by atoms with van der Waals surface area (Å²) in [5, 5.41) is 12.2. The minimum absolute atomic E-state index is 0.0198. The van der Waals surface area contributed by atoms with Crippen molar-refractivity contribution in [2.75, 3.05) is 13.2 Å². The maximum atomic E-state index is 11.4. The maximum absolute atomic E-state index is 11.4. The Morgan fingerprint density at radius 3 is 2.94 bits per heavy atom. The number of hydrogen-bond donors (Lipinski definition) is 2. The Balaban J connectivity index is 2.39. The molecule has 0 atom stereocenters. The summed E-state index contributed by atoms with van der Waals surface area (Å²) in [6, 6.07) is 5.00. The van der Waals surface area contributed by atoms with E-state index in [1.807, 2.05) is 0 Å². The Morgan fingerprint density at radius 1 is 1.47 bits per heavy atom. The van der Waals surface area contributed by atoms with Gasteiger partial charge >= 0.3 is 0 Å². The van der Waals surface area contributed by atoms with E-state index >= 15 is 0 Å². The van der Waals surface area contributed by atoms with Crippen molar-refractivity contribution in [1.29, 1.82) is 0 Å². The fraction of sp³-hybridized carbons (Fsp3) is 0.462. The van der Waals surface area contributed by atoms with Crippen LogP contribution in [-0.4, -0.2) is 24.2 Å². The summed E-state index contributed by atoms with van der Waals surface area (Å²) >= 11 is 0. The summed E-state index contributed by atoms with van der Waals surface area (Å²) in [5.41, 5.74) is 0.647. The number of hydrogen-bond acceptors (Lipinski definition) is 3. The summed E-state index contributed by atoms with van der Waals surface area (Å²) in [5.74, 6) is 0.575. The van der Waals surface area contributed by atoms with E-state index in [9.17, 15) is 9.90 Å². The molecule has 1 amide bonds. The highest BCUT2D eigenvalue weighted by molar-refractivity contribution is 5.77. The van der Waals surface area contributed by atoms with Crippen LogP contribution < -0.4 is 10.1 Å². The number of benzene rings is 1. The number of phenolic OH excluding ortho intramolecular Hbond substituents is 1. The van der Waals surface area contributed by atoms with Gasteiger partial charge in [-0.3, -0.25) is 4.79 Å². The third kappa shape index (κ3) is 4.34. The predicted octanol–water partition coefficient (Wildman–Crippen LogP) is 2.00. The van der Waals surface area contributed by atoms with E-state index in [4.69, 9.17) is 4.74 Å². The minimum atomic E-state index is -0.138. The van der Waals surface area contributed by atoms with Crippen LogP contribution in [0.3, 0.4) is 0 Å². The number of ether oxygens (including phenoxy) is 1. The van der Waals surface area contributed by atoms with Crippen LogP contribution in [-0.2, 0) is 4.79 Å². The molecule has 4 nitrogen and oxygen atoms in total. The van der Waals surface area contributed by atoms with Crippen molar-refractivity contribution in [2.45, 2.75) is 26.7 Å². The molecular formula is C13H19NO3. The number of nitrogens with one attached hydrogen (secondary N) is 1. The number of carbonyl (C=O) groups excluding carboxylic acids is 1. The molecule has 17 heavy (non-hydrogen) atoms. The number of phenols is 1. The lowest BCUT2D eigenvalue weighted by molar-refractivity contribution is -0.123. The molecule has 0 unspecified atom stereocenters.